The van der Waals surface area contributed by atoms with Crippen molar-refractivity contribution in [1.29, 1.82) is 0 Å². The van der Waals surface area contributed by atoms with Crippen LogP contribution >= 0.6 is 0 Å². The highest BCUT2D eigenvalue weighted by Gasteiger charge is 2.07. The maximum atomic E-state index is 11.8. The fourth-order valence-corrected chi connectivity index (χ4v) is 2.08. The molecule has 0 bridgehead atoms. The number of phenolic OH excluding ortho intramolecular Hbond substituents is 1. The Hall–Kier alpha value is -2.03. The second kappa shape index (κ2) is 6.23. The molecule has 0 heterocycles. The van der Waals surface area contributed by atoms with Crippen molar-refractivity contribution in [2.24, 2.45) is 0 Å². The number of rotatable bonds is 5. The molecule has 0 saturated heterocycles. The molecule has 2 aromatic carbocycles. The summed E-state index contributed by atoms with van der Waals surface area (Å²) in [4.78, 5) is 11.8. The van der Waals surface area contributed by atoms with Crippen molar-refractivity contribution in [1.82, 2.24) is 0 Å². The van der Waals surface area contributed by atoms with Crippen LogP contribution in [0.1, 0.15) is 32.6 Å². The van der Waals surface area contributed by atoms with Gasteiger partial charge < -0.3 is 10.4 Å². The molecular formula is C16H19NO2. The molecule has 2 N–H and O–H groups in total. The summed E-state index contributed by atoms with van der Waals surface area (Å²) in [6.45, 7) is 2.10. The number of unbranched alkanes of at least 4 members (excludes halogenated alkanes) is 2. The molecular weight excluding hydrogens is 238 g/mol. The Kier molecular flexibility index (Phi) is 4.39. The first kappa shape index (κ1) is 13.4. The summed E-state index contributed by atoms with van der Waals surface area (Å²) in [5.74, 6) is 0.0709. The number of anilines is 1. The summed E-state index contributed by atoms with van der Waals surface area (Å²) in [6, 6.07) is 11.2. The van der Waals surface area contributed by atoms with Gasteiger partial charge in [0.05, 0.1) is 5.69 Å². The third-order valence-electron chi connectivity index (χ3n) is 3.15. The molecule has 19 heavy (non-hydrogen) atoms. The van der Waals surface area contributed by atoms with Crippen molar-refractivity contribution >= 4 is 22.4 Å². The molecule has 0 spiro atoms. The number of carbonyl (C=O) groups excluding carboxylic acids is 1. The maximum absolute atomic E-state index is 11.8. The van der Waals surface area contributed by atoms with Gasteiger partial charge in [0.15, 0.2) is 0 Å². The molecule has 0 aromatic heterocycles. The van der Waals surface area contributed by atoms with E-state index in [1.165, 1.54) is 0 Å². The lowest BCUT2D eigenvalue weighted by Crippen LogP contribution is -2.11. The van der Waals surface area contributed by atoms with E-state index < -0.39 is 0 Å². The minimum absolute atomic E-state index is 0.0426. The van der Waals surface area contributed by atoms with Gasteiger partial charge in [-0.15, -0.1) is 0 Å². The Bertz CT molecular complexity index is 578. The number of benzene rings is 2. The standard InChI is InChI=1S/C16H19NO2/c1-2-3-4-9-16(19)17-14-10-12-7-5-6-8-13(12)11-15(14)18/h5-8,10-11,18H,2-4,9H2,1H3,(H,17,19). The molecule has 3 heteroatoms. The SMILES string of the molecule is CCCCCC(=O)Nc1cc2ccccc2cc1O. The average molecular weight is 257 g/mol. The zero-order valence-corrected chi connectivity index (χ0v) is 11.1. The predicted molar refractivity (Wildman–Crippen MR) is 78.4 cm³/mol. The fraction of sp³-hybridized carbons (Fsp3) is 0.312. The lowest BCUT2D eigenvalue weighted by Gasteiger charge is -2.09. The smallest absolute Gasteiger partial charge is 0.224 e. The highest BCUT2D eigenvalue weighted by Crippen LogP contribution is 2.29. The minimum atomic E-state index is -0.0426. The van der Waals surface area contributed by atoms with Crippen LogP contribution in [0.4, 0.5) is 5.69 Å². The van der Waals surface area contributed by atoms with E-state index in [1.807, 2.05) is 30.3 Å². The maximum Gasteiger partial charge on any atom is 0.224 e. The van der Waals surface area contributed by atoms with E-state index in [0.29, 0.717) is 12.1 Å². The van der Waals surface area contributed by atoms with E-state index in [-0.39, 0.29) is 11.7 Å². The van der Waals surface area contributed by atoms with Crippen molar-refractivity contribution in [3.05, 3.63) is 36.4 Å². The molecule has 0 unspecified atom stereocenters. The first-order valence-electron chi connectivity index (χ1n) is 6.72. The van der Waals surface area contributed by atoms with E-state index in [2.05, 4.69) is 12.2 Å². The van der Waals surface area contributed by atoms with Crippen molar-refractivity contribution in [3.63, 3.8) is 0 Å². The summed E-state index contributed by atoms with van der Waals surface area (Å²) in [5.41, 5.74) is 0.486. The number of amides is 1. The van der Waals surface area contributed by atoms with E-state index in [1.54, 1.807) is 6.07 Å². The summed E-state index contributed by atoms with van der Waals surface area (Å²) >= 11 is 0. The molecule has 2 rings (SSSR count). The number of fused-ring (bicyclic) bond motifs is 1. The normalized spacial score (nSPS) is 10.6. The van der Waals surface area contributed by atoms with Crippen molar-refractivity contribution in [2.45, 2.75) is 32.6 Å². The van der Waals surface area contributed by atoms with Gasteiger partial charge in [-0.2, -0.15) is 0 Å². The highest BCUT2D eigenvalue weighted by atomic mass is 16.3. The molecule has 3 nitrogen and oxygen atoms in total. The fourth-order valence-electron chi connectivity index (χ4n) is 2.08. The Morgan fingerprint density at radius 2 is 1.84 bits per heavy atom. The Morgan fingerprint density at radius 1 is 1.16 bits per heavy atom. The molecule has 0 fully saturated rings. The molecule has 0 aliphatic rings. The summed E-state index contributed by atoms with van der Waals surface area (Å²) in [6.07, 6.45) is 3.53. The van der Waals surface area contributed by atoms with Gasteiger partial charge in [0.2, 0.25) is 5.91 Å². The zero-order chi connectivity index (χ0) is 13.7. The van der Waals surface area contributed by atoms with Crippen molar-refractivity contribution in [3.8, 4) is 5.75 Å². The predicted octanol–water partition coefficient (Wildman–Crippen LogP) is 4.06. The van der Waals surface area contributed by atoms with Crippen LogP contribution < -0.4 is 5.32 Å². The van der Waals surface area contributed by atoms with Gasteiger partial charge in [0.1, 0.15) is 5.75 Å². The van der Waals surface area contributed by atoms with Crippen LogP contribution in [0.2, 0.25) is 0 Å². The van der Waals surface area contributed by atoms with Gasteiger partial charge in [-0.3, -0.25) is 4.79 Å². The van der Waals surface area contributed by atoms with Crippen LogP contribution in [-0.4, -0.2) is 11.0 Å². The monoisotopic (exact) mass is 257 g/mol. The second-order valence-electron chi connectivity index (χ2n) is 4.72. The minimum Gasteiger partial charge on any atom is -0.506 e. The molecule has 1 amide bonds. The number of nitrogens with one attached hydrogen (secondary N) is 1. The Labute approximate surface area is 113 Å². The van der Waals surface area contributed by atoms with Crippen molar-refractivity contribution in [2.75, 3.05) is 5.32 Å². The van der Waals surface area contributed by atoms with Gasteiger partial charge in [0, 0.05) is 6.42 Å². The van der Waals surface area contributed by atoms with Gasteiger partial charge in [-0.1, -0.05) is 44.0 Å². The van der Waals surface area contributed by atoms with Crippen LogP contribution in [0.5, 0.6) is 5.75 Å². The summed E-state index contributed by atoms with van der Waals surface area (Å²) < 4.78 is 0. The number of hydrogen-bond donors (Lipinski definition) is 2. The third-order valence-corrected chi connectivity index (χ3v) is 3.15. The van der Waals surface area contributed by atoms with E-state index >= 15 is 0 Å². The lowest BCUT2D eigenvalue weighted by molar-refractivity contribution is -0.116. The Morgan fingerprint density at radius 3 is 2.53 bits per heavy atom. The Balaban J connectivity index is 2.11. The number of carbonyl (C=O) groups is 1. The molecule has 2 aromatic rings. The topological polar surface area (TPSA) is 49.3 Å². The molecule has 0 radical (unpaired) electrons. The van der Waals surface area contributed by atoms with E-state index in [4.69, 9.17) is 0 Å². The number of hydrogen-bond acceptors (Lipinski definition) is 2. The summed E-state index contributed by atoms with van der Waals surface area (Å²) in [7, 11) is 0. The quantitative estimate of drug-likeness (QED) is 0.626. The van der Waals surface area contributed by atoms with E-state index in [9.17, 15) is 9.90 Å². The molecule has 0 atom stereocenters. The first-order chi connectivity index (χ1) is 9.20. The zero-order valence-electron chi connectivity index (χ0n) is 11.1. The highest BCUT2D eigenvalue weighted by molar-refractivity contribution is 5.96. The van der Waals surface area contributed by atoms with Crippen LogP contribution in [0.15, 0.2) is 36.4 Å². The molecule has 0 saturated carbocycles. The van der Waals surface area contributed by atoms with E-state index in [0.717, 1.165) is 30.0 Å². The van der Waals surface area contributed by atoms with Gasteiger partial charge in [-0.05, 0) is 29.3 Å². The molecule has 0 aliphatic heterocycles. The van der Waals surface area contributed by atoms with Gasteiger partial charge in [-0.25, -0.2) is 0 Å². The van der Waals surface area contributed by atoms with Gasteiger partial charge >= 0.3 is 0 Å². The molecule has 100 valence electrons. The molecule has 0 aliphatic carbocycles. The largest absolute Gasteiger partial charge is 0.506 e. The van der Waals surface area contributed by atoms with Crippen molar-refractivity contribution < 1.29 is 9.90 Å². The third kappa shape index (κ3) is 3.47. The van der Waals surface area contributed by atoms with Crippen LogP contribution in [0.25, 0.3) is 10.8 Å². The van der Waals surface area contributed by atoms with Crippen LogP contribution in [0.3, 0.4) is 0 Å². The summed E-state index contributed by atoms with van der Waals surface area (Å²) in [5, 5.41) is 14.7. The van der Waals surface area contributed by atoms with Gasteiger partial charge in [0.25, 0.3) is 0 Å². The average Bonchev–Trinajstić information content (AvgIpc) is 2.40. The second-order valence-corrected chi connectivity index (χ2v) is 4.72. The van der Waals surface area contributed by atoms with Crippen LogP contribution in [-0.2, 0) is 4.79 Å². The number of phenols is 1. The number of aromatic hydroxyl groups is 1. The van der Waals surface area contributed by atoms with Crippen LogP contribution in [0, 0.1) is 0 Å². The lowest BCUT2D eigenvalue weighted by atomic mass is 10.1. The first-order valence-corrected chi connectivity index (χ1v) is 6.72.